The molecule has 3 heterocycles. The number of carbonyl (C=O) groups excluding carboxylic acids is 2. The van der Waals surface area contributed by atoms with Crippen LogP contribution in [-0.2, 0) is 16.1 Å². The maximum absolute atomic E-state index is 12.8. The molecule has 0 radical (unpaired) electrons. The van der Waals surface area contributed by atoms with Gasteiger partial charge in [-0.2, -0.15) is 0 Å². The van der Waals surface area contributed by atoms with Crippen LogP contribution in [0.1, 0.15) is 37.5 Å². The SMILES string of the molecule is CCC1C(=O)N2CCCCC2C(=O)N1Cc1ccc(Br)s1. The van der Waals surface area contributed by atoms with E-state index >= 15 is 0 Å². The summed E-state index contributed by atoms with van der Waals surface area (Å²) in [6.45, 7) is 3.27. The second kappa shape index (κ2) is 6.08. The Labute approximate surface area is 137 Å². The molecule has 0 bridgehead atoms. The molecule has 2 fully saturated rings. The molecule has 0 spiro atoms. The van der Waals surface area contributed by atoms with Crippen LogP contribution in [0.5, 0.6) is 0 Å². The van der Waals surface area contributed by atoms with Gasteiger partial charge >= 0.3 is 0 Å². The van der Waals surface area contributed by atoms with E-state index in [0.29, 0.717) is 13.0 Å². The van der Waals surface area contributed by atoms with Crippen molar-refractivity contribution in [1.29, 1.82) is 0 Å². The number of amides is 2. The van der Waals surface area contributed by atoms with Crippen molar-refractivity contribution in [1.82, 2.24) is 9.80 Å². The molecule has 3 rings (SSSR count). The quantitative estimate of drug-likeness (QED) is 0.820. The molecule has 0 aliphatic carbocycles. The fourth-order valence-corrected chi connectivity index (χ4v) is 4.79. The number of carbonyl (C=O) groups is 2. The fourth-order valence-electron chi connectivity index (χ4n) is 3.31. The average Bonchev–Trinajstić information content (AvgIpc) is 2.90. The lowest BCUT2D eigenvalue weighted by atomic mass is 9.94. The van der Waals surface area contributed by atoms with E-state index in [1.807, 2.05) is 24.0 Å². The largest absolute Gasteiger partial charge is 0.329 e. The zero-order chi connectivity index (χ0) is 15.0. The van der Waals surface area contributed by atoms with Gasteiger partial charge in [0.2, 0.25) is 11.8 Å². The third-order valence-electron chi connectivity index (χ3n) is 4.36. The van der Waals surface area contributed by atoms with Gasteiger partial charge in [-0.3, -0.25) is 9.59 Å². The molecule has 0 aromatic carbocycles. The highest BCUT2D eigenvalue weighted by Gasteiger charge is 2.45. The molecule has 4 nitrogen and oxygen atoms in total. The van der Waals surface area contributed by atoms with E-state index in [1.165, 1.54) is 0 Å². The molecule has 2 amide bonds. The van der Waals surface area contributed by atoms with Crippen molar-refractivity contribution in [2.75, 3.05) is 6.54 Å². The van der Waals surface area contributed by atoms with Crippen molar-refractivity contribution in [2.45, 2.75) is 51.2 Å². The normalized spacial score (nSPS) is 26.2. The summed E-state index contributed by atoms with van der Waals surface area (Å²) in [5.74, 6) is 0.267. The van der Waals surface area contributed by atoms with Crippen LogP contribution in [0.25, 0.3) is 0 Å². The Bertz CT molecular complexity index is 560. The number of fused-ring (bicyclic) bond motifs is 1. The molecule has 0 saturated carbocycles. The Morgan fingerprint density at radius 1 is 1.29 bits per heavy atom. The lowest BCUT2D eigenvalue weighted by Crippen LogP contribution is -2.65. The Balaban J connectivity index is 1.86. The summed E-state index contributed by atoms with van der Waals surface area (Å²) in [6.07, 6.45) is 3.55. The predicted molar refractivity (Wildman–Crippen MR) is 86.0 cm³/mol. The molecule has 21 heavy (non-hydrogen) atoms. The highest BCUT2D eigenvalue weighted by molar-refractivity contribution is 9.11. The van der Waals surface area contributed by atoms with E-state index in [2.05, 4.69) is 15.9 Å². The first-order valence-electron chi connectivity index (χ1n) is 7.47. The summed E-state index contributed by atoms with van der Waals surface area (Å²) in [5.41, 5.74) is 0. The van der Waals surface area contributed by atoms with Crippen LogP contribution in [0.15, 0.2) is 15.9 Å². The lowest BCUT2D eigenvalue weighted by molar-refractivity contribution is -0.164. The number of hydrogen-bond acceptors (Lipinski definition) is 3. The van der Waals surface area contributed by atoms with Gasteiger partial charge in [0, 0.05) is 11.4 Å². The van der Waals surface area contributed by atoms with Gasteiger partial charge in [0.05, 0.1) is 10.3 Å². The Morgan fingerprint density at radius 2 is 2.10 bits per heavy atom. The number of halogens is 1. The van der Waals surface area contributed by atoms with Crippen LogP contribution in [0.2, 0.25) is 0 Å². The first kappa shape index (κ1) is 15.0. The van der Waals surface area contributed by atoms with Gasteiger partial charge in [-0.05, 0) is 53.7 Å². The minimum atomic E-state index is -0.298. The molecule has 0 N–H and O–H groups in total. The first-order chi connectivity index (χ1) is 10.1. The van der Waals surface area contributed by atoms with Gasteiger partial charge in [0.1, 0.15) is 12.1 Å². The third kappa shape index (κ3) is 2.75. The maximum Gasteiger partial charge on any atom is 0.246 e. The standard InChI is InChI=1S/C15H19BrN2O2S/c1-2-11-14(19)17-8-4-3-5-12(17)15(20)18(11)9-10-6-7-13(16)21-10/h6-7,11-12H,2-5,8-9H2,1H3. The lowest BCUT2D eigenvalue weighted by Gasteiger charge is -2.46. The average molecular weight is 371 g/mol. The minimum absolute atomic E-state index is 0.130. The zero-order valence-corrected chi connectivity index (χ0v) is 14.5. The number of rotatable bonds is 3. The molecule has 1 aromatic heterocycles. The van der Waals surface area contributed by atoms with Crippen molar-refractivity contribution >= 4 is 39.1 Å². The number of nitrogens with zero attached hydrogens (tertiary/aromatic N) is 2. The van der Waals surface area contributed by atoms with Crippen molar-refractivity contribution in [2.24, 2.45) is 0 Å². The van der Waals surface area contributed by atoms with Gasteiger partial charge in [0.25, 0.3) is 0 Å². The summed E-state index contributed by atoms with van der Waals surface area (Å²) < 4.78 is 1.06. The zero-order valence-electron chi connectivity index (χ0n) is 12.0. The molecule has 2 unspecified atom stereocenters. The van der Waals surface area contributed by atoms with Crippen LogP contribution in [0, 0.1) is 0 Å². The van der Waals surface area contributed by atoms with Gasteiger partial charge in [-0.1, -0.05) is 6.92 Å². The molecular formula is C15H19BrN2O2S. The summed E-state index contributed by atoms with van der Waals surface area (Å²) in [6, 6.07) is 3.49. The van der Waals surface area contributed by atoms with Gasteiger partial charge in [-0.15, -0.1) is 11.3 Å². The first-order valence-corrected chi connectivity index (χ1v) is 9.08. The number of thiophene rings is 1. The van der Waals surface area contributed by atoms with E-state index in [4.69, 9.17) is 0 Å². The Kier molecular flexibility index (Phi) is 4.36. The van der Waals surface area contributed by atoms with Crippen molar-refractivity contribution in [3.05, 3.63) is 20.8 Å². The van der Waals surface area contributed by atoms with Crippen molar-refractivity contribution in [3.63, 3.8) is 0 Å². The van der Waals surface area contributed by atoms with Crippen LogP contribution in [0.4, 0.5) is 0 Å². The Morgan fingerprint density at radius 3 is 2.76 bits per heavy atom. The van der Waals surface area contributed by atoms with Crippen molar-refractivity contribution < 1.29 is 9.59 Å². The monoisotopic (exact) mass is 370 g/mol. The molecule has 2 atom stereocenters. The predicted octanol–water partition coefficient (Wildman–Crippen LogP) is 3.01. The number of piperazine rings is 1. The maximum atomic E-state index is 12.8. The molecule has 2 aliphatic rings. The molecule has 2 aliphatic heterocycles. The highest BCUT2D eigenvalue weighted by atomic mass is 79.9. The molecular weight excluding hydrogens is 352 g/mol. The molecule has 6 heteroatoms. The second-order valence-electron chi connectivity index (χ2n) is 5.64. The fraction of sp³-hybridized carbons (Fsp3) is 0.600. The minimum Gasteiger partial charge on any atom is -0.329 e. The molecule has 1 aromatic rings. The van der Waals surface area contributed by atoms with Crippen LogP contribution < -0.4 is 0 Å². The third-order valence-corrected chi connectivity index (χ3v) is 5.97. The van der Waals surface area contributed by atoms with E-state index in [9.17, 15) is 9.59 Å². The van der Waals surface area contributed by atoms with E-state index in [1.54, 1.807) is 16.2 Å². The second-order valence-corrected chi connectivity index (χ2v) is 8.19. The van der Waals surface area contributed by atoms with E-state index in [-0.39, 0.29) is 23.9 Å². The number of piperidine rings is 1. The summed E-state index contributed by atoms with van der Waals surface area (Å²) in [5, 5.41) is 0. The van der Waals surface area contributed by atoms with Crippen LogP contribution in [0.3, 0.4) is 0 Å². The summed E-state index contributed by atoms with van der Waals surface area (Å²) >= 11 is 5.08. The molecule has 2 saturated heterocycles. The van der Waals surface area contributed by atoms with E-state index in [0.717, 1.165) is 34.5 Å². The highest BCUT2D eigenvalue weighted by Crippen LogP contribution is 2.30. The van der Waals surface area contributed by atoms with Crippen LogP contribution in [-0.4, -0.2) is 40.2 Å². The van der Waals surface area contributed by atoms with Crippen LogP contribution >= 0.6 is 27.3 Å². The molecule has 114 valence electrons. The topological polar surface area (TPSA) is 40.6 Å². The van der Waals surface area contributed by atoms with Gasteiger partial charge in [-0.25, -0.2) is 0 Å². The summed E-state index contributed by atoms with van der Waals surface area (Å²) in [4.78, 5) is 30.2. The summed E-state index contributed by atoms with van der Waals surface area (Å²) in [7, 11) is 0. The van der Waals surface area contributed by atoms with Gasteiger partial charge < -0.3 is 9.80 Å². The Hall–Kier alpha value is -0.880. The van der Waals surface area contributed by atoms with Gasteiger partial charge in [0.15, 0.2) is 0 Å². The van der Waals surface area contributed by atoms with E-state index < -0.39 is 0 Å². The number of hydrogen-bond donors (Lipinski definition) is 0. The van der Waals surface area contributed by atoms with Crippen molar-refractivity contribution in [3.8, 4) is 0 Å². The smallest absolute Gasteiger partial charge is 0.246 e.